The Kier molecular flexibility index (Phi) is 2.76. The Balaban J connectivity index is 1.79. The summed E-state index contributed by atoms with van der Waals surface area (Å²) in [4.78, 5) is 7.16. The molecule has 0 saturated carbocycles. The van der Waals surface area contributed by atoms with Crippen LogP contribution in [0.1, 0.15) is 30.5 Å². The summed E-state index contributed by atoms with van der Waals surface area (Å²) < 4.78 is 0. The molecule has 1 fully saturated rings. The number of fused-ring (bicyclic) bond motifs is 1. The van der Waals surface area contributed by atoms with E-state index in [1.54, 1.807) is 0 Å². The highest BCUT2D eigenvalue weighted by Gasteiger charge is 2.20. The highest BCUT2D eigenvalue weighted by Crippen LogP contribution is 2.25. The largest absolute Gasteiger partial charge is 0.357 e. The van der Waals surface area contributed by atoms with Crippen molar-refractivity contribution in [2.24, 2.45) is 0 Å². The van der Waals surface area contributed by atoms with Gasteiger partial charge in [-0.3, -0.25) is 0 Å². The van der Waals surface area contributed by atoms with Crippen LogP contribution >= 0.6 is 11.6 Å². The van der Waals surface area contributed by atoms with Gasteiger partial charge in [0.15, 0.2) is 0 Å². The zero-order chi connectivity index (χ0) is 11.0. The molecule has 0 atom stereocenters. The van der Waals surface area contributed by atoms with Crippen LogP contribution in [0.25, 0.3) is 0 Å². The molecule has 2 heterocycles. The lowest BCUT2D eigenvalue weighted by molar-refractivity contribution is 0.580. The van der Waals surface area contributed by atoms with Gasteiger partial charge in [-0.15, -0.1) is 11.6 Å². The fraction of sp³-hybridized carbons (Fsp3) is 0.615. The third-order valence-electron chi connectivity index (χ3n) is 3.66. The summed E-state index contributed by atoms with van der Waals surface area (Å²) in [5.41, 5.74) is 2.78. The summed E-state index contributed by atoms with van der Waals surface area (Å²) in [6.07, 6.45) is 5.82. The van der Waals surface area contributed by atoms with Crippen molar-refractivity contribution in [2.45, 2.75) is 37.5 Å². The van der Waals surface area contributed by atoms with E-state index in [1.807, 2.05) is 0 Å². The molecular formula is C13H17ClN2. The van der Waals surface area contributed by atoms with Crippen molar-refractivity contribution in [1.82, 2.24) is 4.98 Å². The summed E-state index contributed by atoms with van der Waals surface area (Å²) in [7, 11) is 0. The Labute approximate surface area is 102 Å². The molecule has 0 spiro atoms. The average Bonchev–Trinajstić information content (AvgIpc) is 2.77. The number of alkyl halides is 1. The maximum Gasteiger partial charge on any atom is 0.128 e. The molecule has 1 aromatic heterocycles. The van der Waals surface area contributed by atoms with Crippen LogP contribution in [0.3, 0.4) is 0 Å². The van der Waals surface area contributed by atoms with E-state index < -0.39 is 0 Å². The molecule has 1 aromatic rings. The molecule has 0 radical (unpaired) electrons. The zero-order valence-corrected chi connectivity index (χ0v) is 10.2. The van der Waals surface area contributed by atoms with Crippen molar-refractivity contribution in [3.63, 3.8) is 0 Å². The topological polar surface area (TPSA) is 16.1 Å². The summed E-state index contributed by atoms with van der Waals surface area (Å²) in [5, 5.41) is 0.366. The van der Waals surface area contributed by atoms with Gasteiger partial charge >= 0.3 is 0 Å². The Morgan fingerprint density at radius 3 is 2.81 bits per heavy atom. The molecule has 0 N–H and O–H groups in total. The summed E-state index contributed by atoms with van der Waals surface area (Å²) >= 11 is 6.12. The Morgan fingerprint density at radius 2 is 2.00 bits per heavy atom. The minimum Gasteiger partial charge on any atom is -0.357 e. The van der Waals surface area contributed by atoms with Crippen LogP contribution < -0.4 is 4.90 Å². The van der Waals surface area contributed by atoms with Crippen LogP contribution in [0.5, 0.6) is 0 Å². The highest BCUT2D eigenvalue weighted by atomic mass is 35.5. The van der Waals surface area contributed by atoms with Gasteiger partial charge in [-0.2, -0.15) is 0 Å². The molecule has 1 saturated heterocycles. The number of pyridine rings is 1. The standard InChI is InChI=1S/C13H17ClN2/c14-11-6-8-16(9-7-11)13-5-4-10-2-1-3-12(10)15-13/h4-5,11H,1-3,6-9H2. The summed E-state index contributed by atoms with van der Waals surface area (Å²) in [5.74, 6) is 1.16. The minimum atomic E-state index is 0.366. The number of piperidine rings is 1. The minimum absolute atomic E-state index is 0.366. The number of nitrogens with zero attached hydrogens (tertiary/aromatic N) is 2. The van der Waals surface area contributed by atoms with Gasteiger partial charge in [-0.1, -0.05) is 6.07 Å². The average molecular weight is 237 g/mol. The van der Waals surface area contributed by atoms with E-state index in [2.05, 4.69) is 17.0 Å². The van der Waals surface area contributed by atoms with E-state index in [9.17, 15) is 0 Å². The van der Waals surface area contributed by atoms with Crippen molar-refractivity contribution in [2.75, 3.05) is 18.0 Å². The van der Waals surface area contributed by atoms with Gasteiger partial charge in [0.25, 0.3) is 0 Å². The number of aryl methyl sites for hydroxylation is 2. The first-order chi connectivity index (χ1) is 7.83. The van der Waals surface area contributed by atoms with Gasteiger partial charge in [-0.25, -0.2) is 4.98 Å². The van der Waals surface area contributed by atoms with Crippen LogP contribution in [0.2, 0.25) is 0 Å². The summed E-state index contributed by atoms with van der Waals surface area (Å²) in [6, 6.07) is 4.44. The number of halogens is 1. The Hall–Kier alpha value is -0.760. The highest BCUT2D eigenvalue weighted by molar-refractivity contribution is 6.20. The smallest absolute Gasteiger partial charge is 0.128 e. The lowest BCUT2D eigenvalue weighted by Crippen LogP contribution is -2.34. The van der Waals surface area contributed by atoms with Crippen molar-refractivity contribution < 1.29 is 0 Å². The third kappa shape index (κ3) is 1.91. The predicted octanol–water partition coefficient (Wildman–Crippen LogP) is 2.78. The number of aromatic nitrogens is 1. The number of rotatable bonds is 1. The van der Waals surface area contributed by atoms with Gasteiger partial charge < -0.3 is 4.90 Å². The fourth-order valence-corrected chi connectivity index (χ4v) is 2.86. The Bertz CT molecular complexity index is 384. The van der Waals surface area contributed by atoms with Gasteiger partial charge in [-0.05, 0) is 43.7 Å². The van der Waals surface area contributed by atoms with Crippen molar-refractivity contribution in [3.8, 4) is 0 Å². The second kappa shape index (κ2) is 4.25. The molecule has 0 amide bonds. The van der Waals surface area contributed by atoms with Crippen LogP contribution in [0, 0.1) is 0 Å². The van der Waals surface area contributed by atoms with E-state index in [4.69, 9.17) is 16.6 Å². The van der Waals surface area contributed by atoms with Crippen molar-refractivity contribution >= 4 is 17.4 Å². The van der Waals surface area contributed by atoms with Crippen molar-refractivity contribution in [3.05, 3.63) is 23.4 Å². The molecule has 0 bridgehead atoms. The fourth-order valence-electron chi connectivity index (χ4n) is 2.66. The monoisotopic (exact) mass is 236 g/mol. The predicted molar refractivity (Wildman–Crippen MR) is 67.4 cm³/mol. The van der Waals surface area contributed by atoms with Crippen LogP contribution in [-0.2, 0) is 12.8 Å². The molecule has 1 aliphatic heterocycles. The van der Waals surface area contributed by atoms with Crippen molar-refractivity contribution in [1.29, 1.82) is 0 Å². The lowest BCUT2D eigenvalue weighted by Gasteiger charge is -2.30. The second-order valence-corrected chi connectivity index (χ2v) is 5.41. The van der Waals surface area contributed by atoms with E-state index in [-0.39, 0.29) is 0 Å². The molecule has 0 unspecified atom stereocenters. The van der Waals surface area contributed by atoms with Gasteiger partial charge in [0, 0.05) is 24.2 Å². The first kappa shape index (κ1) is 10.4. The maximum absolute atomic E-state index is 6.12. The first-order valence-corrected chi connectivity index (χ1v) is 6.64. The second-order valence-electron chi connectivity index (χ2n) is 4.79. The quantitative estimate of drug-likeness (QED) is 0.697. The van der Waals surface area contributed by atoms with Crippen LogP contribution in [0.4, 0.5) is 5.82 Å². The molecule has 86 valence electrons. The molecule has 2 aliphatic rings. The first-order valence-electron chi connectivity index (χ1n) is 6.21. The van der Waals surface area contributed by atoms with Gasteiger partial charge in [0.2, 0.25) is 0 Å². The van der Waals surface area contributed by atoms with E-state index in [1.165, 1.54) is 24.1 Å². The normalized spacial score (nSPS) is 21.2. The SMILES string of the molecule is ClC1CCN(c2ccc3c(n2)CCC3)CC1. The third-order valence-corrected chi connectivity index (χ3v) is 4.10. The van der Waals surface area contributed by atoms with Crippen LogP contribution in [0.15, 0.2) is 12.1 Å². The number of hydrogen-bond acceptors (Lipinski definition) is 2. The maximum atomic E-state index is 6.12. The van der Waals surface area contributed by atoms with Gasteiger partial charge in [0.1, 0.15) is 5.82 Å². The Morgan fingerprint density at radius 1 is 1.19 bits per heavy atom. The molecule has 0 aromatic carbocycles. The van der Waals surface area contributed by atoms with E-state index >= 15 is 0 Å². The molecule has 16 heavy (non-hydrogen) atoms. The lowest BCUT2D eigenvalue weighted by atomic mass is 10.1. The number of hydrogen-bond donors (Lipinski definition) is 0. The summed E-state index contributed by atoms with van der Waals surface area (Å²) in [6.45, 7) is 2.11. The molecule has 3 rings (SSSR count). The number of anilines is 1. The van der Waals surface area contributed by atoms with Crippen LogP contribution in [-0.4, -0.2) is 23.5 Å². The zero-order valence-electron chi connectivity index (χ0n) is 9.45. The van der Waals surface area contributed by atoms with E-state index in [0.717, 1.165) is 38.2 Å². The molecule has 3 heteroatoms. The molecule has 2 nitrogen and oxygen atoms in total. The van der Waals surface area contributed by atoms with Gasteiger partial charge in [0.05, 0.1) is 0 Å². The molecule has 1 aliphatic carbocycles. The van der Waals surface area contributed by atoms with E-state index in [0.29, 0.717) is 5.38 Å². The molecular weight excluding hydrogens is 220 g/mol.